The standard InChI is InChI=1S/C14H14N2O5/c1-3-20-10-5-6-11(12(8-10)16(18)19)15-14(17)13-7-4-9(2)21-13/h4-8H,3H2,1-2H3,(H,15,17). The molecular weight excluding hydrogens is 276 g/mol. The smallest absolute Gasteiger partial charge is 0.296 e. The number of rotatable bonds is 5. The molecule has 1 heterocycles. The summed E-state index contributed by atoms with van der Waals surface area (Å²) in [6, 6.07) is 7.40. The zero-order chi connectivity index (χ0) is 15.4. The van der Waals surface area contributed by atoms with Gasteiger partial charge in [0.15, 0.2) is 5.76 Å². The summed E-state index contributed by atoms with van der Waals surface area (Å²) in [5, 5.41) is 13.5. The van der Waals surface area contributed by atoms with Gasteiger partial charge in [-0.1, -0.05) is 0 Å². The van der Waals surface area contributed by atoms with Crippen LogP contribution in [0.4, 0.5) is 11.4 Å². The first kappa shape index (κ1) is 14.6. The Hall–Kier alpha value is -2.83. The van der Waals surface area contributed by atoms with Crippen molar-refractivity contribution in [3.63, 3.8) is 0 Å². The monoisotopic (exact) mass is 290 g/mol. The lowest BCUT2D eigenvalue weighted by atomic mass is 10.2. The van der Waals surface area contributed by atoms with Crippen molar-refractivity contribution in [2.45, 2.75) is 13.8 Å². The fourth-order valence-corrected chi connectivity index (χ4v) is 1.77. The van der Waals surface area contributed by atoms with E-state index in [0.717, 1.165) is 0 Å². The summed E-state index contributed by atoms with van der Waals surface area (Å²) in [5.74, 6) is 0.503. The Morgan fingerprint density at radius 1 is 1.38 bits per heavy atom. The van der Waals surface area contributed by atoms with Gasteiger partial charge in [-0.25, -0.2) is 0 Å². The van der Waals surface area contributed by atoms with Gasteiger partial charge in [-0.05, 0) is 38.1 Å². The number of hydrogen-bond acceptors (Lipinski definition) is 5. The van der Waals surface area contributed by atoms with Gasteiger partial charge in [-0.15, -0.1) is 0 Å². The molecule has 0 saturated carbocycles. The number of carbonyl (C=O) groups excluding carboxylic acids is 1. The Morgan fingerprint density at radius 2 is 2.14 bits per heavy atom. The summed E-state index contributed by atoms with van der Waals surface area (Å²) in [6.45, 7) is 3.88. The maximum absolute atomic E-state index is 12.0. The molecule has 2 rings (SSSR count). The van der Waals surface area contributed by atoms with Crippen LogP contribution in [0.15, 0.2) is 34.7 Å². The molecule has 7 nitrogen and oxygen atoms in total. The molecule has 1 amide bonds. The van der Waals surface area contributed by atoms with Crippen LogP contribution in [0.3, 0.4) is 0 Å². The molecular formula is C14H14N2O5. The molecule has 0 atom stereocenters. The minimum atomic E-state index is -0.578. The number of carbonyl (C=O) groups is 1. The summed E-state index contributed by atoms with van der Waals surface area (Å²) in [5.41, 5.74) is -0.153. The molecule has 0 aliphatic heterocycles. The number of nitro benzene ring substituents is 1. The molecule has 0 radical (unpaired) electrons. The minimum Gasteiger partial charge on any atom is -0.494 e. The fraction of sp³-hybridized carbons (Fsp3) is 0.214. The molecule has 0 aliphatic carbocycles. The normalized spacial score (nSPS) is 10.2. The van der Waals surface area contributed by atoms with Crippen molar-refractivity contribution in [2.75, 3.05) is 11.9 Å². The maximum atomic E-state index is 12.0. The average molecular weight is 290 g/mol. The van der Waals surface area contributed by atoms with Crippen LogP contribution in [0, 0.1) is 17.0 Å². The van der Waals surface area contributed by atoms with Crippen molar-refractivity contribution >= 4 is 17.3 Å². The number of furan rings is 1. The van der Waals surface area contributed by atoms with Gasteiger partial charge in [-0.2, -0.15) is 0 Å². The van der Waals surface area contributed by atoms with Crippen molar-refractivity contribution in [2.24, 2.45) is 0 Å². The van der Waals surface area contributed by atoms with E-state index < -0.39 is 10.8 Å². The SMILES string of the molecule is CCOc1ccc(NC(=O)c2ccc(C)o2)c([N+](=O)[O-])c1. The highest BCUT2D eigenvalue weighted by atomic mass is 16.6. The van der Waals surface area contributed by atoms with Crippen molar-refractivity contribution in [3.8, 4) is 5.75 Å². The highest BCUT2D eigenvalue weighted by Crippen LogP contribution is 2.29. The number of anilines is 1. The molecule has 7 heteroatoms. The molecule has 1 aromatic carbocycles. The number of ether oxygens (including phenoxy) is 1. The van der Waals surface area contributed by atoms with E-state index in [-0.39, 0.29) is 17.1 Å². The summed E-state index contributed by atoms with van der Waals surface area (Å²) >= 11 is 0. The van der Waals surface area contributed by atoms with Crippen LogP contribution < -0.4 is 10.1 Å². The third kappa shape index (κ3) is 3.38. The Kier molecular flexibility index (Phi) is 4.22. The third-order valence-electron chi connectivity index (χ3n) is 2.69. The van der Waals surface area contributed by atoms with Crippen LogP contribution >= 0.6 is 0 Å². The molecule has 21 heavy (non-hydrogen) atoms. The zero-order valence-electron chi connectivity index (χ0n) is 11.6. The molecule has 0 unspecified atom stereocenters. The van der Waals surface area contributed by atoms with Crippen LogP contribution in [0.2, 0.25) is 0 Å². The predicted molar refractivity (Wildman–Crippen MR) is 75.7 cm³/mol. The van der Waals surface area contributed by atoms with Gasteiger partial charge in [0.1, 0.15) is 17.2 Å². The van der Waals surface area contributed by atoms with E-state index in [9.17, 15) is 14.9 Å². The predicted octanol–water partition coefficient (Wildman–Crippen LogP) is 3.15. The van der Waals surface area contributed by atoms with E-state index in [0.29, 0.717) is 18.1 Å². The molecule has 0 aliphatic rings. The lowest BCUT2D eigenvalue weighted by Crippen LogP contribution is -2.12. The summed E-state index contributed by atoms with van der Waals surface area (Å²) in [7, 11) is 0. The lowest BCUT2D eigenvalue weighted by molar-refractivity contribution is -0.384. The van der Waals surface area contributed by atoms with Gasteiger partial charge < -0.3 is 14.5 Å². The van der Waals surface area contributed by atoms with Gasteiger partial charge >= 0.3 is 0 Å². The van der Waals surface area contributed by atoms with Crippen molar-refractivity contribution in [1.29, 1.82) is 0 Å². The van der Waals surface area contributed by atoms with E-state index >= 15 is 0 Å². The zero-order valence-corrected chi connectivity index (χ0v) is 11.6. The second kappa shape index (κ2) is 6.08. The van der Waals surface area contributed by atoms with Gasteiger partial charge in [-0.3, -0.25) is 14.9 Å². The average Bonchev–Trinajstić information content (AvgIpc) is 2.87. The van der Waals surface area contributed by atoms with Crippen LogP contribution in [0.25, 0.3) is 0 Å². The Balaban J connectivity index is 2.26. The number of nitro groups is 1. The quantitative estimate of drug-likeness (QED) is 0.674. The van der Waals surface area contributed by atoms with Crippen molar-refractivity contribution in [3.05, 3.63) is 52.0 Å². The molecule has 0 fully saturated rings. The first-order valence-electron chi connectivity index (χ1n) is 6.30. The van der Waals surface area contributed by atoms with Crippen molar-refractivity contribution < 1.29 is 18.9 Å². The number of aryl methyl sites for hydroxylation is 1. The molecule has 1 N–H and O–H groups in total. The summed E-state index contributed by atoms with van der Waals surface area (Å²) in [6.07, 6.45) is 0. The Labute approximate surface area is 120 Å². The van der Waals surface area contributed by atoms with E-state index in [4.69, 9.17) is 9.15 Å². The maximum Gasteiger partial charge on any atom is 0.296 e. The molecule has 0 saturated heterocycles. The van der Waals surface area contributed by atoms with E-state index in [2.05, 4.69) is 5.32 Å². The molecule has 0 spiro atoms. The van der Waals surface area contributed by atoms with Gasteiger partial charge in [0, 0.05) is 0 Å². The number of amides is 1. The second-order valence-corrected chi connectivity index (χ2v) is 4.23. The van der Waals surface area contributed by atoms with Crippen molar-refractivity contribution in [1.82, 2.24) is 0 Å². The number of benzene rings is 1. The minimum absolute atomic E-state index is 0.0857. The lowest BCUT2D eigenvalue weighted by Gasteiger charge is -2.07. The van der Waals surface area contributed by atoms with E-state index in [1.54, 1.807) is 26.0 Å². The highest BCUT2D eigenvalue weighted by molar-refractivity contribution is 6.03. The van der Waals surface area contributed by atoms with E-state index in [1.165, 1.54) is 18.2 Å². The van der Waals surface area contributed by atoms with Gasteiger partial charge in [0.25, 0.3) is 11.6 Å². The fourth-order valence-electron chi connectivity index (χ4n) is 1.77. The highest BCUT2D eigenvalue weighted by Gasteiger charge is 2.19. The largest absolute Gasteiger partial charge is 0.494 e. The van der Waals surface area contributed by atoms with Gasteiger partial charge in [0.2, 0.25) is 0 Å². The second-order valence-electron chi connectivity index (χ2n) is 4.23. The number of nitrogens with one attached hydrogen (secondary N) is 1. The van der Waals surface area contributed by atoms with E-state index in [1.807, 2.05) is 0 Å². The number of nitrogens with zero attached hydrogens (tertiary/aromatic N) is 1. The molecule has 0 bridgehead atoms. The van der Waals surface area contributed by atoms with Gasteiger partial charge in [0.05, 0.1) is 17.6 Å². The molecule has 2 aromatic rings. The van der Waals surface area contributed by atoms with Crippen LogP contribution in [-0.4, -0.2) is 17.4 Å². The first-order valence-corrected chi connectivity index (χ1v) is 6.30. The van der Waals surface area contributed by atoms with Crippen LogP contribution in [0.5, 0.6) is 5.75 Å². The first-order chi connectivity index (χ1) is 10.0. The Morgan fingerprint density at radius 3 is 2.71 bits per heavy atom. The summed E-state index contributed by atoms with van der Waals surface area (Å²) in [4.78, 5) is 22.5. The molecule has 1 aromatic heterocycles. The molecule has 110 valence electrons. The topological polar surface area (TPSA) is 94.6 Å². The third-order valence-corrected chi connectivity index (χ3v) is 2.69. The van der Waals surface area contributed by atoms with Crippen LogP contribution in [-0.2, 0) is 0 Å². The van der Waals surface area contributed by atoms with Crippen LogP contribution in [0.1, 0.15) is 23.2 Å². The Bertz CT molecular complexity index is 678. The summed E-state index contributed by atoms with van der Waals surface area (Å²) < 4.78 is 10.4. The number of hydrogen-bond donors (Lipinski definition) is 1.